The van der Waals surface area contributed by atoms with E-state index in [9.17, 15) is 13.2 Å². The van der Waals surface area contributed by atoms with Crippen molar-refractivity contribution in [3.8, 4) is 5.75 Å². The first kappa shape index (κ1) is 22.7. The number of amides is 1. The van der Waals surface area contributed by atoms with Crippen molar-refractivity contribution in [3.63, 3.8) is 0 Å². The number of carbonyl (C=O) groups is 1. The monoisotopic (exact) mass is 418 g/mol. The third kappa shape index (κ3) is 5.97. The van der Waals surface area contributed by atoms with Crippen molar-refractivity contribution in [2.24, 2.45) is 5.92 Å². The van der Waals surface area contributed by atoms with E-state index in [1.165, 1.54) is 4.31 Å². The highest BCUT2D eigenvalue weighted by molar-refractivity contribution is 7.92. The molecule has 0 radical (unpaired) electrons. The first-order valence-electron chi connectivity index (χ1n) is 9.66. The van der Waals surface area contributed by atoms with E-state index >= 15 is 0 Å². The Morgan fingerprint density at radius 1 is 1.07 bits per heavy atom. The molecule has 6 nitrogen and oxygen atoms in total. The van der Waals surface area contributed by atoms with Crippen LogP contribution < -0.4 is 14.4 Å². The van der Waals surface area contributed by atoms with E-state index in [1.807, 2.05) is 27.7 Å². The number of carbonyl (C=O) groups excluding carboxylic acids is 1. The van der Waals surface area contributed by atoms with Crippen LogP contribution in [0.15, 0.2) is 47.4 Å². The van der Waals surface area contributed by atoms with Gasteiger partial charge < -0.3 is 10.1 Å². The van der Waals surface area contributed by atoms with E-state index in [2.05, 4.69) is 5.32 Å². The van der Waals surface area contributed by atoms with Crippen molar-refractivity contribution in [1.29, 1.82) is 0 Å². The van der Waals surface area contributed by atoms with Crippen molar-refractivity contribution in [2.75, 3.05) is 24.5 Å². The Kier molecular flexibility index (Phi) is 7.67. The summed E-state index contributed by atoms with van der Waals surface area (Å²) < 4.78 is 33.2. The SMILES string of the molecule is COc1ccc(N(CCC(=O)NCC(C)C)S(=O)(=O)c2ccc(C)c(C)c2)cc1. The average molecular weight is 419 g/mol. The first-order chi connectivity index (χ1) is 13.6. The maximum Gasteiger partial charge on any atom is 0.264 e. The van der Waals surface area contributed by atoms with E-state index in [4.69, 9.17) is 4.74 Å². The molecule has 1 amide bonds. The second-order valence-corrected chi connectivity index (χ2v) is 9.33. The molecule has 158 valence electrons. The van der Waals surface area contributed by atoms with Crippen LogP contribution in [-0.4, -0.2) is 34.5 Å². The van der Waals surface area contributed by atoms with Crippen LogP contribution in [0.25, 0.3) is 0 Å². The summed E-state index contributed by atoms with van der Waals surface area (Å²) in [7, 11) is -2.27. The number of sulfonamides is 1. The number of anilines is 1. The van der Waals surface area contributed by atoms with Gasteiger partial charge in [-0.25, -0.2) is 8.42 Å². The highest BCUT2D eigenvalue weighted by Crippen LogP contribution is 2.27. The zero-order chi connectivity index (χ0) is 21.6. The van der Waals surface area contributed by atoms with Gasteiger partial charge in [-0.05, 0) is 67.3 Å². The number of hydrogen-bond acceptors (Lipinski definition) is 4. The molecule has 7 heteroatoms. The second kappa shape index (κ2) is 9.78. The molecule has 29 heavy (non-hydrogen) atoms. The zero-order valence-corrected chi connectivity index (χ0v) is 18.5. The molecular weight excluding hydrogens is 388 g/mol. The summed E-state index contributed by atoms with van der Waals surface area (Å²) >= 11 is 0. The smallest absolute Gasteiger partial charge is 0.264 e. The van der Waals surface area contributed by atoms with Crippen LogP contribution in [0.3, 0.4) is 0 Å². The van der Waals surface area contributed by atoms with Crippen LogP contribution in [-0.2, 0) is 14.8 Å². The van der Waals surface area contributed by atoms with E-state index in [0.29, 0.717) is 23.9 Å². The molecule has 0 aliphatic carbocycles. The molecule has 2 rings (SSSR count). The Labute approximate surface area is 173 Å². The van der Waals surface area contributed by atoms with Gasteiger partial charge in [0.15, 0.2) is 0 Å². The number of nitrogens with zero attached hydrogens (tertiary/aromatic N) is 1. The number of benzene rings is 2. The number of ether oxygens (including phenoxy) is 1. The van der Waals surface area contributed by atoms with Crippen LogP contribution in [0.1, 0.15) is 31.4 Å². The summed E-state index contributed by atoms with van der Waals surface area (Å²) in [5, 5.41) is 2.83. The molecule has 0 spiro atoms. The number of nitrogens with one attached hydrogen (secondary N) is 1. The first-order valence-corrected chi connectivity index (χ1v) is 11.1. The topological polar surface area (TPSA) is 75.7 Å². The molecule has 0 aliphatic rings. The molecule has 0 heterocycles. The summed E-state index contributed by atoms with van der Waals surface area (Å²) in [4.78, 5) is 12.4. The van der Waals surface area contributed by atoms with Gasteiger partial charge in [0.1, 0.15) is 5.75 Å². The third-order valence-corrected chi connectivity index (χ3v) is 6.50. The maximum atomic E-state index is 13.4. The van der Waals surface area contributed by atoms with Crippen molar-refractivity contribution in [3.05, 3.63) is 53.6 Å². The molecule has 1 N–H and O–H groups in total. The van der Waals surface area contributed by atoms with Gasteiger partial charge in [-0.1, -0.05) is 19.9 Å². The number of aryl methyl sites for hydroxylation is 2. The molecule has 0 aromatic heterocycles. The van der Waals surface area contributed by atoms with Gasteiger partial charge in [0.05, 0.1) is 17.7 Å². The van der Waals surface area contributed by atoms with Crippen LogP contribution in [0.4, 0.5) is 5.69 Å². The van der Waals surface area contributed by atoms with E-state index in [-0.39, 0.29) is 23.8 Å². The molecule has 0 saturated heterocycles. The molecule has 2 aromatic carbocycles. The zero-order valence-electron chi connectivity index (χ0n) is 17.7. The third-order valence-electron chi connectivity index (χ3n) is 4.68. The lowest BCUT2D eigenvalue weighted by Crippen LogP contribution is -2.36. The van der Waals surface area contributed by atoms with Crippen molar-refractivity contribution < 1.29 is 17.9 Å². The van der Waals surface area contributed by atoms with Gasteiger partial charge in [-0.3, -0.25) is 9.10 Å². The predicted octanol–water partition coefficient (Wildman–Crippen LogP) is 3.67. The van der Waals surface area contributed by atoms with Crippen molar-refractivity contribution >= 4 is 21.6 Å². The largest absolute Gasteiger partial charge is 0.497 e. The fourth-order valence-corrected chi connectivity index (χ4v) is 4.30. The number of hydrogen-bond donors (Lipinski definition) is 1. The minimum atomic E-state index is -3.83. The highest BCUT2D eigenvalue weighted by Gasteiger charge is 2.26. The average Bonchev–Trinajstić information content (AvgIpc) is 2.68. The van der Waals surface area contributed by atoms with E-state index in [1.54, 1.807) is 49.6 Å². The minimum Gasteiger partial charge on any atom is -0.497 e. The Hall–Kier alpha value is -2.54. The Morgan fingerprint density at radius 3 is 2.28 bits per heavy atom. The summed E-state index contributed by atoms with van der Waals surface area (Å²) in [6.07, 6.45) is 0.0722. The second-order valence-electron chi connectivity index (χ2n) is 7.47. The molecule has 0 saturated carbocycles. The van der Waals surface area contributed by atoms with Crippen molar-refractivity contribution in [2.45, 2.75) is 39.0 Å². The van der Waals surface area contributed by atoms with Crippen LogP contribution in [0.2, 0.25) is 0 Å². The lowest BCUT2D eigenvalue weighted by atomic mass is 10.1. The number of methoxy groups -OCH3 is 1. The van der Waals surface area contributed by atoms with Gasteiger partial charge in [0.25, 0.3) is 10.0 Å². The highest BCUT2D eigenvalue weighted by atomic mass is 32.2. The van der Waals surface area contributed by atoms with Gasteiger partial charge >= 0.3 is 0 Å². The fraction of sp³-hybridized carbons (Fsp3) is 0.409. The summed E-state index contributed by atoms with van der Waals surface area (Å²) in [6, 6.07) is 11.8. The van der Waals surface area contributed by atoms with Crippen LogP contribution in [0.5, 0.6) is 5.75 Å². The van der Waals surface area contributed by atoms with E-state index < -0.39 is 10.0 Å². The van der Waals surface area contributed by atoms with Gasteiger partial charge in [-0.15, -0.1) is 0 Å². The Balaban J connectivity index is 2.34. The van der Waals surface area contributed by atoms with Gasteiger partial charge in [0.2, 0.25) is 5.91 Å². The maximum absolute atomic E-state index is 13.4. The van der Waals surface area contributed by atoms with Gasteiger partial charge in [-0.2, -0.15) is 0 Å². The molecule has 0 aliphatic heterocycles. The minimum absolute atomic E-state index is 0.0471. The summed E-state index contributed by atoms with van der Waals surface area (Å²) in [5.74, 6) is 0.787. The molecule has 0 bridgehead atoms. The van der Waals surface area contributed by atoms with Crippen LogP contribution >= 0.6 is 0 Å². The Morgan fingerprint density at radius 2 is 1.72 bits per heavy atom. The molecule has 0 atom stereocenters. The molecule has 0 unspecified atom stereocenters. The Bertz CT molecular complexity index is 938. The molecular formula is C22H30N2O4S. The van der Waals surface area contributed by atoms with Gasteiger partial charge in [0, 0.05) is 19.5 Å². The standard InChI is InChI=1S/C22H30N2O4S/c1-16(2)15-23-22(25)12-13-24(19-7-9-20(28-5)10-8-19)29(26,27)21-11-6-17(3)18(4)14-21/h6-11,14,16H,12-13,15H2,1-5H3,(H,23,25). The summed E-state index contributed by atoms with van der Waals surface area (Å²) in [6.45, 7) is 8.44. The predicted molar refractivity (Wildman–Crippen MR) is 116 cm³/mol. The normalized spacial score (nSPS) is 11.4. The summed E-state index contributed by atoms with van der Waals surface area (Å²) in [5.41, 5.74) is 2.41. The molecule has 2 aromatic rings. The molecule has 0 fully saturated rings. The van der Waals surface area contributed by atoms with E-state index in [0.717, 1.165) is 11.1 Å². The lowest BCUT2D eigenvalue weighted by molar-refractivity contribution is -0.121. The lowest BCUT2D eigenvalue weighted by Gasteiger charge is -2.25. The van der Waals surface area contributed by atoms with Crippen molar-refractivity contribution in [1.82, 2.24) is 5.32 Å². The number of rotatable bonds is 9. The fourth-order valence-electron chi connectivity index (χ4n) is 2.75. The quantitative estimate of drug-likeness (QED) is 0.674. The van der Waals surface area contributed by atoms with Crippen LogP contribution in [0, 0.1) is 19.8 Å².